The van der Waals surface area contributed by atoms with Crippen LogP contribution >= 0.6 is 0 Å². The van der Waals surface area contributed by atoms with Gasteiger partial charge in [-0.3, -0.25) is 10.1 Å². The molecule has 0 radical (unpaired) electrons. The van der Waals surface area contributed by atoms with Gasteiger partial charge in [0.05, 0.1) is 0 Å². The molecular formula is C17H16N2O3. The first-order valence-electron chi connectivity index (χ1n) is 7.08. The molecule has 2 aromatic carbocycles. The molecule has 1 aliphatic rings. The van der Waals surface area contributed by atoms with E-state index in [2.05, 4.69) is 10.6 Å². The van der Waals surface area contributed by atoms with Crippen molar-refractivity contribution in [2.75, 3.05) is 0 Å². The fourth-order valence-electron chi connectivity index (χ4n) is 2.34. The minimum absolute atomic E-state index is 0.291. The van der Waals surface area contributed by atoms with Crippen LogP contribution in [0.2, 0.25) is 0 Å². The Hall–Kier alpha value is -2.82. The van der Waals surface area contributed by atoms with Gasteiger partial charge in [0, 0.05) is 6.42 Å². The molecular weight excluding hydrogens is 280 g/mol. The lowest BCUT2D eigenvalue weighted by atomic mass is 10.1. The van der Waals surface area contributed by atoms with Crippen molar-refractivity contribution in [3.63, 3.8) is 0 Å². The summed E-state index contributed by atoms with van der Waals surface area (Å²) >= 11 is 0. The second kappa shape index (κ2) is 6.30. The van der Waals surface area contributed by atoms with E-state index in [1.807, 2.05) is 54.6 Å². The molecule has 3 amide bonds. The van der Waals surface area contributed by atoms with Crippen LogP contribution in [0.4, 0.5) is 4.79 Å². The van der Waals surface area contributed by atoms with E-state index < -0.39 is 12.1 Å². The summed E-state index contributed by atoms with van der Waals surface area (Å²) in [5.74, 6) is 0.451. The Morgan fingerprint density at radius 3 is 2.45 bits per heavy atom. The Labute approximate surface area is 128 Å². The zero-order chi connectivity index (χ0) is 15.4. The Kier molecular flexibility index (Phi) is 4.05. The summed E-state index contributed by atoms with van der Waals surface area (Å²) in [7, 11) is 0. The van der Waals surface area contributed by atoms with Crippen LogP contribution in [0.1, 0.15) is 11.1 Å². The molecule has 1 unspecified atom stereocenters. The molecule has 1 aliphatic heterocycles. The number of hydrogen-bond acceptors (Lipinski definition) is 3. The van der Waals surface area contributed by atoms with Gasteiger partial charge >= 0.3 is 6.03 Å². The van der Waals surface area contributed by atoms with Crippen LogP contribution < -0.4 is 15.4 Å². The molecule has 2 N–H and O–H groups in total. The van der Waals surface area contributed by atoms with Crippen LogP contribution in [0.5, 0.6) is 5.75 Å². The smallest absolute Gasteiger partial charge is 0.322 e. The summed E-state index contributed by atoms with van der Waals surface area (Å²) in [5.41, 5.74) is 2.03. The molecule has 3 rings (SSSR count). The fraction of sp³-hybridized carbons (Fsp3) is 0.176. The number of imide groups is 1. The van der Waals surface area contributed by atoms with Crippen molar-refractivity contribution in [2.45, 2.75) is 19.1 Å². The van der Waals surface area contributed by atoms with E-state index in [4.69, 9.17) is 4.74 Å². The fourth-order valence-corrected chi connectivity index (χ4v) is 2.34. The monoisotopic (exact) mass is 296 g/mol. The summed E-state index contributed by atoms with van der Waals surface area (Å²) in [4.78, 5) is 22.7. The first-order chi connectivity index (χ1) is 10.7. The molecule has 1 saturated heterocycles. The van der Waals surface area contributed by atoms with Gasteiger partial charge in [-0.15, -0.1) is 0 Å². The Morgan fingerprint density at radius 2 is 1.73 bits per heavy atom. The van der Waals surface area contributed by atoms with Gasteiger partial charge in [0.2, 0.25) is 0 Å². The lowest BCUT2D eigenvalue weighted by Gasteiger charge is -2.10. The summed E-state index contributed by atoms with van der Waals surface area (Å²) in [6.07, 6.45) is 0.445. The van der Waals surface area contributed by atoms with Gasteiger partial charge in [-0.05, 0) is 23.3 Å². The number of carbonyl (C=O) groups excluding carboxylic acids is 2. The number of amides is 3. The molecule has 112 valence electrons. The van der Waals surface area contributed by atoms with Crippen molar-refractivity contribution in [1.29, 1.82) is 0 Å². The van der Waals surface area contributed by atoms with E-state index in [1.165, 1.54) is 0 Å². The van der Waals surface area contributed by atoms with Gasteiger partial charge in [0.15, 0.2) is 0 Å². The van der Waals surface area contributed by atoms with Gasteiger partial charge in [-0.1, -0.05) is 42.5 Å². The van der Waals surface area contributed by atoms with E-state index >= 15 is 0 Å². The molecule has 0 bridgehead atoms. The first kappa shape index (κ1) is 14.1. The Morgan fingerprint density at radius 1 is 0.955 bits per heavy atom. The van der Waals surface area contributed by atoms with Crippen LogP contribution in [0.15, 0.2) is 54.6 Å². The predicted octanol–water partition coefficient (Wildman–Crippen LogP) is 2.02. The van der Waals surface area contributed by atoms with Crippen LogP contribution in [0.3, 0.4) is 0 Å². The van der Waals surface area contributed by atoms with Crippen molar-refractivity contribution in [1.82, 2.24) is 10.6 Å². The van der Waals surface area contributed by atoms with Crippen molar-refractivity contribution in [3.8, 4) is 5.75 Å². The van der Waals surface area contributed by atoms with Gasteiger partial charge in [-0.25, -0.2) is 4.79 Å². The molecule has 5 heteroatoms. The number of benzene rings is 2. The second-order valence-corrected chi connectivity index (χ2v) is 5.14. The summed E-state index contributed by atoms with van der Waals surface area (Å²) < 4.78 is 5.76. The van der Waals surface area contributed by atoms with E-state index in [-0.39, 0.29) is 5.91 Å². The number of ether oxygens (including phenoxy) is 1. The van der Waals surface area contributed by atoms with Gasteiger partial charge in [0.25, 0.3) is 5.91 Å². The SMILES string of the molecule is O=C1NC(=O)C(Cc2cccc(OCc3ccccc3)c2)N1. The quantitative estimate of drug-likeness (QED) is 0.829. The molecule has 1 fully saturated rings. The lowest BCUT2D eigenvalue weighted by molar-refractivity contribution is -0.120. The normalized spacial score (nSPS) is 17.0. The maximum Gasteiger partial charge on any atom is 0.322 e. The van der Waals surface area contributed by atoms with E-state index in [0.29, 0.717) is 13.0 Å². The molecule has 1 heterocycles. The first-order valence-corrected chi connectivity index (χ1v) is 7.08. The summed E-state index contributed by atoms with van der Waals surface area (Å²) in [5, 5.41) is 4.82. The number of hydrogen-bond donors (Lipinski definition) is 2. The highest BCUT2D eigenvalue weighted by Gasteiger charge is 2.29. The van der Waals surface area contributed by atoms with Gasteiger partial charge in [0.1, 0.15) is 18.4 Å². The molecule has 0 spiro atoms. The average molecular weight is 296 g/mol. The summed E-state index contributed by atoms with van der Waals surface area (Å²) in [6, 6.07) is 16.5. The second-order valence-electron chi connectivity index (χ2n) is 5.14. The molecule has 2 aromatic rings. The zero-order valence-corrected chi connectivity index (χ0v) is 11.9. The van der Waals surface area contributed by atoms with E-state index in [9.17, 15) is 9.59 Å². The van der Waals surface area contributed by atoms with Crippen molar-refractivity contribution in [2.24, 2.45) is 0 Å². The minimum atomic E-state index is -0.517. The van der Waals surface area contributed by atoms with Gasteiger partial charge in [-0.2, -0.15) is 0 Å². The molecule has 0 aliphatic carbocycles. The Bertz CT molecular complexity index is 685. The standard InChI is InChI=1S/C17H16N2O3/c20-16-15(18-17(21)19-16)10-13-7-4-8-14(9-13)22-11-12-5-2-1-3-6-12/h1-9,15H,10-11H2,(H2,18,19,20,21). The highest BCUT2D eigenvalue weighted by Crippen LogP contribution is 2.17. The predicted molar refractivity (Wildman–Crippen MR) is 81.4 cm³/mol. The molecule has 0 aromatic heterocycles. The third-order valence-electron chi connectivity index (χ3n) is 3.45. The molecule has 1 atom stereocenters. The van der Waals surface area contributed by atoms with E-state index in [1.54, 1.807) is 0 Å². The number of urea groups is 1. The minimum Gasteiger partial charge on any atom is -0.489 e. The van der Waals surface area contributed by atoms with Crippen LogP contribution in [-0.4, -0.2) is 18.0 Å². The van der Waals surface area contributed by atoms with E-state index in [0.717, 1.165) is 16.9 Å². The van der Waals surface area contributed by atoms with Crippen LogP contribution in [0.25, 0.3) is 0 Å². The van der Waals surface area contributed by atoms with Gasteiger partial charge < -0.3 is 10.1 Å². The van der Waals surface area contributed by atoms with Crippen LogP contribution in [-0.2, 0) is 17.8 Å². The highest BCUT2D eigenvalue weighted by atomic mass is 16.5. The Balaban J connectivity index is 1.62. The van der Waals surface area contributed by atoms with Crippen molar-refractivity contribution in [3.05, 3.63) is 65.7 Å². The van der Waals surface area contributed by atoms with Crippen molar-refractivity contribution >= 4 is 11.9 Å². The molecule has 0 saturated carbocycles. The molecule has 5 nitrogen and oxygen atoms in total. The maximum absolute atomic E-state index is 11.6. The number of rotatable bonds is 5. The zero-order valence-electron chi connectivity index (χ0n) is 11.9. The third-order valence-corrected chi connectivity index (χ3v) is 3.45. The number of carbonyl (C=O) groups is 2. The largest absolute Gasteiger partial charge is 0.489 e. The molecule has 22 heavy (non-hydrogen) atoms. The topological polar surface area (TPSA) is 67.4 Å². The lowest BCUT2D eigenvalue weighted by Crippen LogP contribution is -2.31. The average Bonchev–Trinajstić information content (AvgIpc) is 2.84. The number of nitrogens with one attached hydrogen (secondary N) is 2. The van der Waals surface area contributed by atoms with Crippen molar-refractivity contribution < 1.29 is 14.3 Å². The maximum atomic E-state index is 11.6. The van der Waals surface area contributed by atoms with Crippen LogP contribution in [0, 0.1) is 0 Å². The highest BCUT2D eigenvalue weighted by molar-refractivity contribution is 6.04. The third kappa shape index (κ3) is 3.44. The summed E-state index contributed by atoms with van der Waals surface area (Å²) in [6.45, 7) is 0.491.